The lowest BCUT2D eigenvalue weighted by molar-refractivity contribution is -0.0923. The van der Waals surface area contributed by atoms with E-state index >= 15 is 0 Å². The minimum Gasteiger partial charge on any atom is -0.371 e. The van der Waals surface area contributed by atoms with E-state index in [1.54, 1.807) is 5.48 Å². The van der Waals surface area contributed by atoms with Gasteiger partial charge in [-0.3, -0.25) is 19.9 Å². The number of nitrogens with one attached hydrogen (secondary N) is 1. The van der Waals surface area contributed by atoms with Crippen LogP contribution in [0, 0.1) is 0 Å². The van der Waals surface area contributed by atoms with Gasteiger partial charge >= 0.3 is 0 Å². The van der Waals surface area contributed by atoms with Crippen molar-refractivity contribution in [1.29, 1.82) is 0 Å². The molecule has 9 nitrogen and oxygen atoms in total. The van der Waals surface area contributed by atoms with Gasteiger partial charge in [0.25, 0.3) is 5.91 Å². The third kappa shape index (κ3) is 4.91. The lowest BCUT2D eigenvalue weighted by Gasteiger charge is -2.47. The molecular formula is C23H27ClN6O3. The van der Waals surface area contributed by atoms with Crippen molar-refractivity contribution < 1.29 is 14.7 Å². The number of carbonyl (C=O) groups is 1. The number of piperidine rings is 1. The molecule has 3 aromatic rings. The van der Waals surface area contributed by atoms with Crippen molar-refractivity contribution in [3.05, 3.63) is 60.2 Å². The van der Waals surface area contributed by atoms with Crippen molar-refractivity contribution in [3.63, 3.8) is 0 Å². The number of fused-ring (bicyclic) bond motifs is 1. The number of morpholine rings is 1. The second-order valence-electron chi connectivity index (χ2n) is 8.46. The van der Waals surface area contributed by atoms with Gasteiger partial charge in [0, 0.05) is 56.4 Å². The summed E-state index contributed by atoms with van der Waals surface area (Å²) in [5.74, 6) is -0.0461. The van der Waals surface area contributed by atoms with Crippen LogP contribution in [0.5, 0.6) is 0 Å². The molecule has 10 heteroatoms. The first-order valence-electron chi connectivity index (χ1n) is 10.9. The van der Waals surface area contributed by atoms with Gasteiger partial charge in [-0.25, -0.2) is 15.4 Å². The maximum atomic E-state index is 11.5. The van der Waals surface area contributed by atoms with Crippen LogP contribution < -0.4 is 10.4 Å². The van der Waals surface area contributed by atoms with Gasteiger partial charge in [-0.05, 0) is 23.8 Å². The molecule has 4 heterocycles. The predicted molar refractivity (Wildman–Crippen MR) is 126 cm³/mol. The van der Waals surface area contributed by atoms with Gasteiger partial charge in [0.1, 0.15) is 0 Å². The smallest absolute Gasteiger partial charge is 0.277 e. The summed E-state index contributed by atoms with van der Waals surface area (Å²) in [4.78, 5) is 29.1. The van der Waals surface area contributed by atoms with Crippen LogP contribution in [0.3, 0.4) is 0 Å². The lowest BCUT2D eigenvalue weighted by atomic mass is 9.89. The average Bonchev–Trinajstić information content (AvgIpc) is 2.85. The minimum absolute atomic E-state index is 0. The van der Waals surface area contributed by atoms with E-state index in [9.17, 15) is 4.79 Å². The Morgan fingerprint density at radius 1 is 1.09 bits per heavy atom. The molecule has 2 aliphatic rings. The zero-order valence-corrected chi connectivity index (χ0v) is 19.0. The number of hydrogen-bond donors (Lipinski definition) is 2. The average molecular weight is 471 g/mol. The fourth-order valence-electron chi connectivity index (χ4n) is 4.65. The fraction of sp³-hybridized carbons (Fsp3) is 0.391. The molecule has 5 rings (SSSR count). The van der Waals surface area contributed by atoms with Crippen molar-refractivity contribution in [2.24, 2.45) is 0 Å². The number of hydroxylamine groups is 1. The number of aromatic nitrogens is 3. The van der Waals surface area contributed by atoms with E-state index in [1.807, 2.05) is 18.5 Å². The topological polar surface area (TPSA) is 104 Å². The first-order chi connectivity index (χ1) is 15.7. The summed E-state index contributed by atoms with van der Waals surface area (Å²) in [6, 6.07) is 8.39. The number of benzene rings is 1. The number of pyridine rings is 1. The Labute approximate surface area is 198 Å². The van der Waals surface area contributed by atoms with Crippen molar-refractivity contribution in [2.45, 2.75) is 25.0 Å². The van der Waals surface area contributed by atoms with Crippen molar-refractivity contribution in [1.82, 2.24) is 25.3 Å². The molecule has 1 aromatic carbocycles. The molecule has 1 amide bonds. The Hall–Kier alpha value is -2.85. The largest absolute Gasteiger partial charge is 0.371 e. The maximum absolute atomic E-state index is 11.5. The van der Waals surface area contributed by atoms with Gasteiger partial charge in [-0.15, -0.1) is 12.4 Å². The highest BCUT2D eigenvalue weighted by Crippen LogP contribution is 2.32. The Morgan fingerprint density at radius 3 is 2.61 bits per heavy atom. The summed E-state index contributed by atoms with van der Waals surface area (Å²) < 4.78 is 6.27. The van der Waals surface area contributed by atoms with E-state index in [1.165, 1.54) is 28.7 Å². The molecule has 0 saturated carbocycles. The number of carbonyl (C=O) groups excluding carboxylic acids is 1. The second-order valence-corrected chi connectivity index (χ2v) is 8.46. The third-order valence-electron chi connectivity index (χ3n) is 6.45. The standard InChI is InChI=1S/C23H26N6O3.ClH/c30-21(27-31)18-13-25-22(26-14-18)29-9-10-32-23(16-29)5-7-28(8-6-23)15-19-12-24-11-17-3-1-2-4-20(17)19;/h1-4,11-14,31H,5-10,15-16H2,(H,27,30);1H. The molecule has 1 spiro atoms. The van der Waals surface area contributed by atoms with Crippen molar-refractivity contribution in [2.75, 3.05) is 37.7 Å². The summed E-state index contributed by atoms with van der Waals surface area (Å²) in [7, 11) is 0. The van der Waals surface area contributed by atoms with Crippen LogP contribution in [0.4, 0.5) is 5.95 Å². The summed E-state index contributed by atoms with van der Waals surface area (Å²) >= 11 is 0. The van der Waals surface area contributed by atoms with Gasteiger partial charge in [0.15, 0.2) is 0 Å². The molecule has 2 N–H and O–H groups in total. The van der Waals surface area contributed by atoms with Gasteiger partial charge < -0.3 is 9.64 Å². The number of rotatable bonds is 4. The molecule has 2 saturated heterocycles. The molecule has 0 atom stereocenters. The highest BCUT2D eigenvalue weighted by Gasteiger charge is 2.40. The van der Waals surface area contributed by atoms with E-state index in [-0.39, 0.29) is 23.6 Å². The number of ether oxygens (including phenoxy) is 1. The zero-order valence-electron chi connectivity index (χ0n) is 18.2. The first-order valence-corrected chi connectivity index (χ1v) is 10.9. The van der Waals surface area contributed by atoms with Crippen LogP contribution in [-0.4, -0.2) is 69.4 Å². The van der Waals surface area contributed by atoms with Gasteiger partial charge in [-0.1, -0.05) is 24.3 Å². The zero-order chi connectivity index (χ0) is 22.0. The van der Waals surface area contributed by atoms with Crippen molar-refractivity contribution >= 4 is 35.0 Å². The van der Waals surface area contributed by atoms with E-state index < -0.39 is 5.91 Å². The Kier molecular flexibility index (Phi) is 7.04. The first kappa shape index (κ1) is 23.3. The van der Waals surface area contributed by atoms with Gasteiger partial charge in [0.2, 0.25) is 5.95 Å². The molecule has 33 heavy (non-hydrogen) atoms. The fourth-order valence-corrected chi connectivity index (χ4v) is 4.65. The van der Waals surface area contributed by atoms with Gasteiger partial charge in [0.05, 0.1) is 24.3 Å². The number of likely N-dealkylation sites (tertiary alicyclic amines) is 1. The molecule has 2 aliphatic heterocycles. The molecule has 174 valence electrons. The highest BCUT2D eigenvalue weighted by atomic mass is 35.5. The monoisotopic (exact) mass is 470 g/mol. The van der Waals surface area contributed by atoms with Crippen LogP contribution >= 0.6 is 12.4 Å². The molecule has 0 radical (unpaired) electrons. The maximum Gasteiger partial charge on any atom is 0.277 e. The predicted octanol–water partition coefficient (Wildman–Crippen LogP) is 2.44. The Bertz CT molecular complexity index is 1100. The third-order valence-corrected chi connectivity index (χ3v) is 6.45. The van der Waals surface area contributed by atoms with E-state index in [0.717, 1.165) is 39.0 Å². The number of nitrogens with zero attached hydrogens (tertiary/aromatic N) is 5. The number of hydrogen-bond acceptors (Lipinski definition) is 8. The van der Waals surface area contributed by atoms with Crippen LogP contribution in [-0.2, 0) is 11.3 Å². The lowest BCUT2D eigenvalue weighted by Crippen LogP contribution is -2.57. The second kappa shape index (κ2) is 9.96. The molecule has 2 fully saturated rings. The van der Waals surface area contributed by atoms with E-state index in [2.05, 4.69) is 43.0 Å². The summed E-state index contributed by atoms with van der Waals surface area (Å²) in [6.07, 6.45) is 8.62. The normalized spacial score (nSPS) is 18.2. The SMILES string of the molecule is Cl.O=C(NO)c1cnc(N2CCOC3(CCN(Cc4cncc5ccccc45)CC3)C2)nc1. The number of halogens is 1. The van der Waals surface area contributed by atoms with Crippen LogP contribution in [0.2, 0.25) is 0 Å². The quantitative estimate of drug-likeness (QED) is 0.442. The van der Waals surface area contributed by atoms with Crippen LogP contribution in [0.25, 0.3) is 10.8 Å². The van der Waals surface area contributed by atoms with Crippen LogP contribution in [0.1, 0.15) is 28.8 Å². The molecule has 0 bridgehead atoms. The summed E-state index contributed by atoms with van der Waals surface area (Å²) in [5, 5.41) is 11.2. The number of anilines is 1. The van der Waals surface area contributed by atoms with Crippen molar-refractivity contribution in [3.8, 4) is 0 Å². The van der Waals surface area contributed by atoms with E-state index in [0.29, 0.717) is 19.1 Å². The van der Waals surface area contributed by atoms with Gasteiger partial charge in [-0.2, -0.15) is 0 Å². The van der Waals surface area contributed by atoms with Crippen LogP contribution in [0.15, 0.2) is 49.1 Å². The summed E-state index contributed by atoms with van der Waals surface area (Å²) in [5.41, 5.74) is 2.86. The Balaban J connectivity index is 0.00000259. The Morgan fingerprint density at radius 2 is 1.85 bits per heavy atom. The summed E-state index contributed by atoms with van der Waals surface area (Å²) in [6.45, 7) is 4.84. The molecule has 2 aromatic heterocycles. The minimum atomic E-state index is -0.622. The molecular weight excluding hydrogens is 444 g/mol. The van der Waals surface area contributed by atoms with E-state index in [4.69, 9.17) is 9.94 Å². The molecule has 0 aliphatic carbocycles. The number of amides is 1. The highest BCUT2D eigenvalue weighted by molar-refractivity contribution is 5.92. The molecule has 0 unspecified atom stereocenters.